The monoisotopic (exact) mass is 400 g/mol. The summed E-state index contributed by atoms with van der Waals surface area (Å²) in [7, 11) is 0. The number of rotatable bonds is 3. The van der Waals surface area contributed by atoms with Crippen LogP contribution < -0.4 is 5.32 Å². The van der Waals surface area contributed by atoms with Gasteiger partial charge in [0.2, 0.25) is 0 Å². The number of hydrogen-bond acceptors (Lipinski definition) is 4. The number of aliphatic carboxylic acids is 1. The molecule has 8 heteroatoms. The summed E-state index contributed by atoms with van der Waals surface area (Å²) in [6.07, 6.45) is 3.31. The van der Waals surface area contributed by atoms with Gasteiger partial charge in [-0.25, -0.2) is 9.59 Å². The zero-order chi connectivity index (χ0) is 20.1. The molecule has 0 radical (unpaired) electrons. The second-order valence-corrected chi connectivity index (χ2v) is 8.27. The first-order valence-corrected chi connectivity index (χ1v) is 9.61. The molecule has 0 spiro atoms. The van der Waals surface area contributed by atoms with Crippen LogP contribution in [0.5, 0.6) is 0 Å². The highest BCUT2D eigenvalue weighted by atomic mass is 35.5. The lowest BCUT2D eigenvalue weighted by Crippen LogP contribution is -2.75. The van der Waals surface area contributed by atoms with Crippen molar-refractivity contribution in [2.75, 3.05) is 5.32 Å². The summed E-state index contributed by atoms with van der Waals surface area (Å²) in [5.41, 5.74) is 1.87. The van der Waals surface area contributed by atoms with E-state index in [2.05, 4.69) is 15.5 Å². The summed E-state index contributed by atoms with van der Waals surface area (Å²) >= 11 is 6.02. The van der Waals surface area contributed by atoms with Crippen molar-refractivity contribution in [2.45, 2.75) is 44.7 Å². The largest absolute Gasteiger partial charge is 0.479 e. The number of benzene rings is 1. The van der Waals surface area contributed by atoms with Crippen LogP contribution in [-0.2, 0) is 4.79 Å². The van der Waals surface area contributed by atoms with Gasteiger partial charge in [-0.3, -0.25) is 0 Å². The normalized spacial score (nSPS) is 25.8. The molecule has 0 aliphatic carbocycles. The number of halogens is 1. The number of amides is 2. The Morgan fingerprint density at radius 3 is 2.82 bits per heavy atom. The van der Waals surface area contributed by atoms with E-state index >= 15 is 0 Å². The van der Waals surface area contributed by atoms with Gasteiger partial charge in [0.15, 0.2) is 0 Å². The first-order valence-electron chi connectivity index (χ1n) is 9.23. The number of hydrogen-bond donors (Lipinski definition) is 2. The van der Waals surface area contributed by atoms with E-state index in [4.69, 9.17) is 11.6 Å². The summed E-state index contributed by atoms with van der Waals surface area (Å²) in [5.74, 6) is -0.629. The lowest BCUT2D eigenvalue weighted by atomic mass is 9.64. The molecule has 2 bridgehead atoms. The Bertz CT molecular complexity index is 966. The molecule has 4 rings (SSSR count). The minimum Gasteiger partial charge on any atom is -0.479 e. The SMILES string of the molecule is Cc1ccc(NC(=O)N2C3CC(C)CC2(C(=O)O)C3)cc1-c1cc(Cl)cnn1. The molecule has 3 atom stereocenters. The average molecular weight is 401 g/mol. The maximum atomic E-state index is 12.9. The van der Waals surface area contributed by atoms with Crippen LogP contribution in [0.1, 0.15) is 31.7 Å². The minimum absolute atomic E-state index is 0.0245. The molecule has 0 saturated carbocycles. The van der Waals surface area contributed by atoms with Crippen LogP contribution in [0.25, 0.3) is 11.3 Å². The Morgan fingerprint density at radius 2 is 2.11 bits per heavy atom. The van der Waals surface area contributed by atoms with Gasteiger partial charge in [0, 0.05) is 23.7 Å². The third-order valence-electron chi connectivity index (χ3n) is 5.76. The molecule has 2 N–H and O–H groups in total. The fraction of sp³-hybridized carbons (Fsp3) is 0.400. The van der Waals surface area contributed by atoms with Crippen LogP contribution in [0, 0.1) is 12.8 Å². The number of carbonyl (C=O) groups is 2. The number of nitrogens with zero attached hydrogens (tertiary/aromatic N) is 3. The summed E-state index contributed by atoms with van der Waals surface area (Å²) < 4.78 is 0. The summed E-state index contributed by atoms with van der Waals surface area (Å²) in [6.45, 7) is 3.97. The zero-order valence-electron chi connectivity index (χ0n) is 15.6. The van der Waals surface area contributed by atoms with E-state index in [1.54, 1.807) is 18.2 Å². The number of carboxylic acid groups (broad SMARTS) is 1. The van der Waals surface area contributed by atoms with Gasteiger partial charge in [0.25, 0.3) is 0 Å². The highest BCUT2D eigenvalue weighted by Crippen LogP contribution is 2.50. The Morgan fingerprint density at radius 1 is 1.32 bits per heavy atom. The smallest absolute Gasteiger partial charge is 0.329 e. The number of carboxylic acids is 1. The molecule has 3 heterocycles. The molecule has 7 nitrogen and oxygen atoms in total. The number of piperidine rings is 1. The number of aryl methyl sites for hydroxylation is 1. The van der Waals surface area contributed by atoms with Crippen LogP contribution >= 0.6 is 11.6 Å². The molecule has 2 saturated heterocycles. The van der Waals surface area contributed by atoms with E-state index in [0.717, 1.165) is 17.5 Å². The molecule has 2 aromatic rings. The predicted octanol–water partition coefficient (Wildman–Crippen LogP) is 3.96. The van der Waals surface area contributed by atoms with Crippen molar-refractivity contribution in [1.82, 2.24) is 15.1 Å². The quantitative estimate of drug-likeness (QED) is 0.812. The number of urea groups is 1. The molecule has 3 unspecified atom stereocenters. The highest BCUT2D eigenvalue weighted by Gasteiger charge is 2.63. The van der Waals surface area contributed by atoms with Crippen molar-refractivity contribution in [3.8, 4) is 11.3 Å². The number of aromatic nitrogens is 2. The molecule has 1 aromatic carbocycles. The molecule has 2 aliphatic heterocycles. The number of fused-ring (bicyclic) bond motifs is 2. The fourth-order valence-electron chi connectivity index (χ4n) is 4.58. The fourth-order valence-corrected chi connectivity index (χ4v) is 4.73. The van der Waals surface area contributed by atoms with Crippen LogP contribution in [0.15, 0.2) is 30.5 Å². The summed E-state index contributed by atoms with van der Waals surface area (Å²) in [5, 5.41) is 21.1. The van der Waals surface area contributed by atoms with Crippen molar-refractivity contribution >= 4 is 29.3 Å². The Kier molecular flexibility index (Phi) is 4.50. The third kappa shape index (κ3) is 2.99. The van der Waals surface area contributed by atoms with E-state index in [1.165, 1.54) is 11.1 Å². The molecule has 2 fully saturated rings. The van der Waals surface area contributed by atoms with Crippen LogP contribution in [-0.4, -0.2) is 43.8 Å². The lowest BCUT2D eigenvalue weighted by molar-refractivity contribution is -0.173. The van der Waals surface area contributed by atoms with Gasteiger partial charge in [0.1, 0.15) is 5.54 Å². The van der Waals surface area contributed by atoms with Gasteiger partial charge in [0.05, 0.1) is 16.9 Å². The molecule has 2 aliphatic rings. The van der Waals surface area contributed by atoms with Crippen molar-refractivity contribution < 1.29 is 14.7 Å². The van der Waals surface area contributed by atoms with Gasteiger partial charge >= 0.3 is 12.0 Å². The van der Waals surface area contributed by atoms with Gasteiger partial charge < -0.3 is 15.3 Å². The van der Waals surface area contributed by atoms with Crippen LogP contribution in [0.3, 0.4) is 0 Å². The first-order chi connectivity index (χ1) is 13.3. The van der Waals surface area contributed by atoms with Gasteiger partial charge in [-0.2, -0.15) is 10.2 Å². The van der Waals surface area contributed by atoms with Crippen molar-refractivity contribution in [3.63, 3.8) is 0 Å². The maximum Gasteiger partial charge on any atom is 0.329 e. The molecule has 146 valence electrons. The van der Waals surface area contributed by atoms with E-state index in [1.807, 2.05) is 19.9 Å². The maximum absolute atomic E-state index is 12.9. The number of anilines is 1. The highest BCUT2D eigenvalue weighted by molar-refractivity contribution is 6.30. The molecular formula is C20H21ClN4O3. The van der Waals surface area contributed by atoms with Crippen molar-refractivity contribution in [1.29, 1.82) is 0 Å². The second kappa shape index (κ2) is 6.74. The average Bonchev–Trinajstić information content (AvgIpc) is 2.62. The summed E-state index contributed by atoms with van der Waals surface area (Å²) in [4.78, 5) is 26.3. The minimum atomic E-state index is -1.08. The standard InChI is InChI=1S/C20H21ClN4O3/c1-11-5-15-9-20(8-11,18(26)27)25(15)19(28)23-14-4-3-12(2)16(7-14)17-6-13(21)10-22-24-17/h3-4,6-7,10-11,15H,5,8-9H2,1-2H3,(H,23,28)(H,26,27). The lowest BCUT2D eigenvalue weighted by Gasteiger charge is -2.60. The van der Waals surface area contributed by atoms with E-state index in [0.29, 0.717) is 35.2 Å². The Hall–Kier alpha value is -2.67. The number of nitrogens with one attached hydrogen (secondary N) is 1. The van der Waals surface area contributed by atoms with E-state index in [9.17, 15) is 14.7 Å². The van der Waals surface area contributed by atoms with E-state index < -0.39 is 11.5 Å². The molecule has 1 aromatic heterocycles. The topological polar surface area (TPSA) is 95.4 Å². The van der Waals surface area contributed by atoms with Crippen LogP contribution in [0.4, 0.5) is 10.5 Å². The van der Waals surface area contributed by atoms with Crippen LogP contribution in [0.2, 0.25) is 5.02 Å². The molecular weight excluding hydrogens is 380 g/mol. The predicted molar refractivity (Wildman–Crippen MR) is 105 cm³/mol. The first kappa shape index (κ1) is 18.7. The zero-order valence-corrected chi connectivity index (χ0v) is 16.4. The second-order valence-electron chi connectivity index (χ2n) is 7.83. The number of carbonyl (C=O) groups excluding carboxylic acids is 1. The van der Waals surface area contributed by atoms with E-state index in [-0.39, 0.29) is 12.1 Å². The van der Waals surface area contributed by atoms with Crippen molar-refractivity contribution in [3.05, 3.63) is 41.0 Å². The van der Waals surface area contributed by atoms with Gasteiger partial charge in [-0.15, -0.1) is 0 Å². The Balaban J connectivity index is 1.59. The molecule has 2 amide bonds. The summed E-state index contributed by atoms with van der Waals surface area (Å²) in [6, 6.07) is 6.78. The van der Waals surface area contributed by atoms with Gasteiger partial charge in [-0.1, -0.05) is 24.6 Å². The Labute approximate surface area is 167 Å². The molecule has 28 heavy (non-hydrogen) atoms. The van der Waals surface area contributed by atoms with Crippen molar-refractivity contribution in [2.24, 2.45) is 5.92 Å². The van der Waals surface area contributed by atoms with Gasteiger partial charge in [-0.05, 0) is 49.4 Å². The third-order valence-corrected chi connectivity index (χ3v) is 5.97.